The van der Waals surface area contributed by atoms with E-state index in [9.17, 15) is 9.18 Å². The van der Waals surface area contributed by atoms with Crippen LogP contribution in [0.4, 0.5) is 4.39 Å². The maximum atomic E-state index is 13.8. The number of ether oxygens (including phenoxy) is 3. The Morgan fingerprint density at radius 2 is 1.77 bits per heavy atom. The number of carbonyl (C=O) groups is 1. The summed E-state index contributed by atoms with van der Waals surface area (Å²) in [4.78, 5) is 13.8. The molecule has 0 heterocycles. The number of benzene rings is 2. The summed E-state index contributed by atoms with van der Waals surface area (Å²) >= 11 is 0. The molecule has 138 valence electrons. The molecule has 0 aliphatic rings. The molecule has 0 N–H and O–H groups in total. The van der Waals surface area contributed by atoms with Crippen molar-refractivity contribution in [3.8, 4) is 17.2 Å². The Morgan fingerprint density at radius 3 is 2.38 bits per heavy atom. The minimum Gasteiger partial charge on any atom is -0.497 e. The molecule has 0 unspecified atom stereocenters. The van der Waals surface area contributed by atoms with Crippen LogP contribution >= 0.6 is 0 Å². The number of hydrogen-bond donors (Lipinski definition) is 0. The lowest BCUT2D eigenvalue weighted by molar-refractivity contribution is -0.125. The van der Waals surface area contributed by atoms with E-state index in [1.807, 2.05) is 0 Å². The molecule has 0 fully saturated rings. The monoisotopic (exact) mass is 359 g/mol. The Kier molecular flexibility index (Phi) is 6.60. The summed E-state index contributed by atoms with van der Waals surface area (Å²) < 4.78 is 29.1. The van der Waals surface area contributed by atoms with Crippen molar-refractivity contribution in [3.05, 3.63) is 59.4 Å². The summed E-state index contributed by atoms with van der Waals surface area (Å²) in [6.07, 6.45) is 3.12. The Labute approximate surface area is 152 Å². The average Bonchev–Trinajstić information content (AvgIpc) is 2.65. The zero-order valence-electron chi connectivity index (χ0n) is 15.3. The SMILES string of the molecule is COc1ccc(/C=C/C(=O)N(C)Cc2ccc(OC)c(F)c2)c(OC)c1. The molecule has 26 heavy (non-hydrogen) atoms. The van der Waals surface area contributed by atoms with Gasteiger partial charge in [-0.1, -0.05) is 6.07 Å². The van der Waals surface area contributed by atoms with E-state index in [1.165, 1.54) is 24.2 Å². The highest BCUT2D eigenvalue weighted by molar-refractivity contribution is 5.92. The predicted molar refractivity (Wildman–Crippen MR) is 98.0 cm³/mol. The molecular weight excluding hydrogens is 337 g/mol. The second-order valence-corrected chi connectivity index (χ2v) is 5.60. The Bertz CT molecular complexity index is 804. The lowest BCUT2D eigenvalue weighted by Crippen LogP contribution is -2.24. The largest absolute Gasteiger partial charge is 0.497 e. The number of hydrogen-bond acceptors (Lipinski definition) is 4. The van der Waals surface area contributed by atoms with Crippen LogP contribution in [0.1, 0.15) is 11.1 Å². The first-order valence-corrected chi connectivity index (χ1v) is 7.96. The van der Waals surface area contributed by atoms with E-state index in [0.29, 0.717) is 17.1 Å². The number of rotatable bonds is 7. The average molecular weight is 359 g/mol. The first-order chi connectivity index (χ1) is 12.5. The van der Waals surface area contributed by atoms with Crippen LogP contribution in [0, 0.1) is 5.82 Å². The van der Waals surface area contributed by atoms with Gasteiger partial charge in [-0.2, -0.15) is 0 Å². The summed E-state index contributed by atoms with van der Waals surface area (Å²) in [6, 6.07) is 9.96. The Morgan fingerprint density at radius 1 is 1.04 bits per heavy atom. The van der Waals surface area contributed by atoms with Crippen molar-refractivity contribution in [2.45, 2.75) is 6.54 Å². The molecule has 6 heteroatoms. The highest BCUT2D eigenvalue weighted by atomic mass is 19.1. The van der Waals surface area contributed by atoms with Crippen molar-refractivity contribution in [2.75, 3.05) is 28.4 Å². The van der Waals surface area contributed by atoms with Crippen molar-refractivity contribution in [3.63, 3.8) is 0 Å². The highest BCUT2D eigenvalue weighted by Gasteiger charge is 2.09. The summed E-state index contributed by atoms with van der Waals surface area (Å²) in [5.41, 5.74) is 1.43. The van der Waals surface area contributed by atoms with E-state index >= 15 is 0 Å². The van der Waals surface area contributed by atoms with Crippen molar-refractivity contribution >= 4 is 12.0 Å². The van der Waals surface area contributed by atoms with Gasteiger partial charge in [-0.05, 0) is 35.9 Å². The number of carbonyl (C=O) groups excluding carboxylic acids is 1. The lowest BCUT2D eigenvalue weighted by atomic mass is 10.1. The van der Waals surface area contributed by atoms with Gasteiger partial charge in [0.05, 0.1) is 21.3 Å². The molecule has 5 nitrogen and oxygen atoms in total. The summed E-state index contributed by atoms with van der Waals surface area (Å²) in [6.45, 7) is 0.282. The van der Waals surface area contributed by atoms with Crippen LogP contribution in [0.25, 0.3) is 6.08 Å². The van der Waals surface area contributed by atoms with Gasteiger partial charge in [0.25, 0.3) is 0 Å². The topological polar surface area (TPSA) is 48.0 Å². The third kappa shape index (κ3) is 4.75. The smallest absolute Gasteiger partial charge is 0.246 e. The molecule has 0 radical (unpaired) electrons. The number of nitrogens with zero attached hydrogens (tertiary/aromatic N) is 1. The van der Waals surface area contributed by atoms with Gasteiger partial charge in [0.15, 0.2) is 11.6 Å². The van der Waals surface area contributed by atoms with Gasteiger partial charge < -0.3 is 19.1 Å². The van der Waals surface area contributed by atoms with Crippen LogP contribution in [-0.4, -0.2) is 39.2 Å². The first-order valence-electron chi connectivity index (χ1n) is 7.96. The molecule has 0 aliphatic carbocycles. The zero-order chi connectivity index (χ0) is 19.1. The van der Waals surface area contributed by atoms with Gasteiger partial charge in [0.2, 0.25) is 5.91 Å². The van der Waals surface area contributed by atoms with Crippen LogP contribution in [0.2, 0.25) is 0 Å². The van der Waals surface area contributed by atoms with E-state index in [-0.39, 0.29) is 18.2 Å². The molecule has 0 atom stereocenters. The van der Waals surface area contributed by atoms with Gasteiger partial charge in [-0.15, -0.1) is 0 Å². The van der Waals surface area contributed by atoms with Crippen LogP contribution in [-0.2, 0) is 11.3 Å². The maximum Gasteiger partial charge on any atom is 0.246 e. The summed E-state index contributed by atoms with van der Waals surface area (Å²) in [5, 5.41) is 0. The first kappa shape index (κ1) is 19.3. The second kappa shape index (κ2) is 8.89. The Balaban J connectivity index is 2.07. The lowest BCUT2D eigenvalue weighted by Gasteiger charge is -2.16. The number of halogens is 1. The molecule has 0 saturated carbocycles. The molecule has 2 rings (SSSR count). The van der Waals surface area contributed by atoms with Crippen LogP contribution in [0.5, 0.6) is 17.2 Å². The third-order valence-corrected chi connectivity index (χ3v) is 3.86. The fourth-order valence-electron chi connectivity index (χ4n) is 2.40. The minimum absolute atomic E-state index is 0.175. The van der Waals surface area contributed by atoms with Crippen LogP contribution < -0.4 is 14.2 Å². The normalized spacial score (nSPS) is 10.7. The van der Waals surface area contributed by atoms with E-state index in [4.69, 9.17) is 14.2 Å². The van der Waals surface area contributed by atoms with E-state index in [0.717, 1.165) is 5.56 Å². The van der Waals surface area contributed by atoms with Crippen LogP contribution in [0.3, 0.4) is 0 Å². The minimum atomic E-state index is -0.454. The number of likely N-dealkylation sites (N-methyl/N-ethyl adjacent to an activating group) is 1. The van der Waals surface area contributed by atoms with Crippen molar-refractivity contribution in [2.24, 2.45) is 0 Å². The molecule has 2 aromatic carbocycles. The quantitative estimate of drug-likeness (QED) is 0.710. The van der Waals surface area contributed by atoms with E-state index in [1.54, 1.807) is 57.7 Å². The third-order valence-electron chi connectivity index (χ3n) is 3.86. The van der Waals surface area contributed by atoms with E-state index < -0.39 is 5.82 Å². The molecule has 0 spiro atoms. The fourth-order valence-corrected chi connectivity index (χ4v) is 2.40. The second-order valence-electron chi connectivity index (χ2n) is 5.60. The van der Waals surface area contributed by atoms with Crippen molar-refractivity contribution in [1.29, 1.82) is 0 Å². The van der Waals surface area contributed by atoms with Crippen LogP contribution in [0.15, 0.2) is 42.5 Å². The van der Waals surface area contributed by atoms with Gasteiger partial charge in [0, 0.05) is 31.3 Å². The molecule has 0 saturated heterocycles. The molecule has 1 amide bonds. The van der Waals surface area contributed by atoms with Gasteiger partial charge in [0.1, 0.15) is 11.5 Å². The molecule has 0 aliphatic heterocycles. The van der Waals surface area contributed by atoms with Gasteiger partial charge in [-0.25, -0.2) is 4.39 Å². The molecule has 2 aromatic rings. The standard InChI is InChI=1S/C20H22FNO4/c1-22(13-14-5-9-18(25-3)17(21)11-14)20(23)10-7-15-6-8-16(24-2)12-19(15)26-4/h5-12H,13H2,1-4H3/b10-7+. The molecular formula is C20H22FNO4. The van der Waals surface area contributed by atoms with Gasteiger partial charge >= 0.3 is 0 Å². The summed E-state index contributed by atoms with van der Waals surface area (Å²) in [5.74, 6) is 0.787. The molecule has 0 bridgehead atoms. The van der Waals surface area contributed by atoms with Crippen molar-refractivity contribution < 1.29 is 23.4 Å². The number of amides is 1. The molecule has 0 aromatic heterocycles. The van der Waals surface area contributed by atoms with Gasteiger partial charge in [-0.3, -0.25) is 4.79 Å². The zero-order valence-corrected chi connectivity index (χ0v) is 15.3. The fraction of sp³-hybridized carbons (Fsp3) is 0.250. The predicted octanol–water partition coefficient (Wildman–Crippen LogP) is 3.52. The number of methoxy groups -OCH3 is 3. The highest BCUT2D eigenvalue weighted by Crippen LogP contribution is 2.25. The van der Waals surface area contributed by atoms with Crippen molar-refractivity contribution in [1.82, 2.24) is 4.90 Å². The summed E-state index contributed by atoms with van der Waals surface area (Å²) in [7, 11) is 6.19. The maximum absolute atomic E-state index is 13.8. The van der Waals surface area contributed by atoms with E-state index in [2.05, 4.69) is 0 Å². The Hall–Kier alpha value is -3.02.